The van der Waals surface area contributed by atoms with Crippen molar-refractivity contribution in [2.75, 3.05) is 19.7 Å². The Bertz CT molecular complexity index is 1100. The van der Waals surface area contributed by atoms with Crippen LogP contribution in [0.15, 0.2) is 57.9 Å². The van der Waals surface area contributed by atoms with Gasteiger partial charge in [0.1, 0.15) is 5.75 Å². The molecule has 1 aromatic heterocycles. The average molecular weight is 428 g/mol. The zero-order valence-electron chi connectivity index (χ0n) is 17.1. The molecule has 1 aliphatic rings. The fraction of sp³-hybridized carbons (Fsp3) is 0.364. The molecule has 3 aromatic rings. The van der Waals surface area contributed by atoms with E-state index >= 15 is 0 Å². The average Bonchev–Trinajstić information content (AvgIpc) is 3.25. The lowest BCUT2D eigenvalue weighted by Gasteiger charge is -2.29. The summed E-state index contributed by atoms with van der Waals surface area (Å²) in [6.45, 7) is 5.29. The first kappa shape index (κ1) is 20.6. The standard InChI is InChI=1S/C22H25N3O4S/c1-3-28-18-8-10-19(11-9-18)30(26,27)25-14-12-17(13-15-25)21-23-22(29-24-21)20-7-5-4-6-16(20)2/h4-11,17H,3,12-15H2,1-2H3. The predicted octanol–water partition coefficient (Wildman–Crippen LogP) is 4.01. The van der Waals surface area contributed by atoms with Crippen molar-refractivity contribution in [3.05, 3.63) is 59.9 Å². The molecule has 158 valence electrons. The maximum atomic E-state index is 13.0. The lowest BCUT2D eigenvalue weighted by Crippen LogP contribution is -2.38. The van der Waals surface area contributed by atoms with E-state index in [1.54, 1.807) is 24.3 Å². The number of benzene rings is 2. The fourth-order valence-corrected chi connectivity index (χ4v) is 5.17. The number of sulfonamides is 1. The number of aromatic nitrogens is 2. The highest BCUT2D eigenvalue weighted by Crippen LogP contribution is 2.31. The van der Waals surface area contributed by atoms with Crippen LogP contribution in [-0.4, -0.2) is 42.6 Å². The van der Waals surface area contributed by atoms with Crippen LogP contribution in [0.5, 0.6) is 5.75 Å². The van der Waals surface area contributed by atoms with Crippen LogP contribution in [0.1, 0.15) is 37.1 Å². The van der Waals surface area contributed by atoms with Crippen molar-refractivity contribution in [2.24, 2.45) is 0 Å². The van der Waals surface area contributed by atoms with Crippen LogP contribution in [0.4, 0.5) is 0 Å². The molecule has 2 aromatic carbocycles. The van der Waals surface area contributed by atoms with E-state index in [1.165, 1.54) is 4.31 Å². The Kier molecular flexibility index (Phi) is 5.87. The second kappa shape index (κ2) is 8.57. The Balaban J connectivity index is 1.43. The Morgan fingerprint density at radius 3 is 2.47 bits per heavy atom. The molecule has 1 saturated heterocycles. The molecule has 0 N–H and O–H groups in total. The third kappa shape index (κ3) is 4.11. The molecule has 8 heteroatoms. The Morgan fingerprint density at radius 2 is 1.80 bits per heavy atom. The van der Waals surface area contributed by atoms with Gasteiger partial charge in [0.25, 0.3) is 5.89 Å². The highest BCUT2D eigenvalue weighted by molar-refractivity contribution is 7.89. The first-order chi connectivity index (χ1) is 14.5. The normalized spacial score (nSPS) is 15.9. The van der Waals surface area contributed by atoms with Crippen LogP contribution < -0.4 is 4.74 Å². The summed E-state index contributed by atoms with van der Waals surface area (Å²) in [6.07, 6.45) is 1.31. The molecule has 1 fully saturated rings. The maximum Gasteiger partial charge on any atom is 0.258 e. The summed E-state index contributed by atoms with van der Waals surface area (Å²) in [5, 5.41) is 4.16. The van der Waals surface area contributed by atoms with Gasteiger partial charge in [0.2, 0.25) is 10.0 Å². The molecular formula is C22H25N3O4S. The summed E-state index contributed by atoms with van der Waals surface area (Å²) in [5.41, 5.74) is 2.00. The molecule has 1 aliphatic heterocycles. The van der Waals surface area contributed by atoms with Gasteiger partial charge < -0.3 is 9.26 Å². The van der Waals surface area contributed by atoms with Gasteiger partial charge in [0, 0.05) is 24.6 Å². The van der Waals surface area contributed by atoms with Gasteiger partial charge in [-0.2, -0.15) is 9.29 Å². The number of ether oxygens (including phenoxy) is 1. The Hall–Kier alpha value is -2.71. The zero-order valence-corrected chi connectivity index (χ0v) is 17.9. The van der Waals surface area contributed by atoms with E-state index in [0.29, 0.717) is 50.0 Å². The van der Waals surface area contributed by atoms with E-state index in [4.69, 9.17) is 9.26 Å². The Morgan fingerprint density at radius 1 is 1.10 bits per heavy atom. The largest absolute Gasteiger partial charge is 0.494 e. The SMILES string of the molecule is CCOc1ccc(S(=O)(=O)N2CCC(c3noc(-c4ccccc4C)n3)CC2)cc1. The first-order valence-corrected chi connectivity index (χ1v) is 11.6. The van der Waals surface area contributed by atoms with Gasteiger partial charge in [-0.3, -0.25) is 0 Å². The summed E-state index contributed by atoms with van der Waals surface area (Å²) >= 11 is 0. The molecule has 0 aliphatic carbocycles. The van der Waals surface area contributed by atoms with Gasteiger partial charge in [-0.15, -0.1) is 0 Å². The number of aryl methyl sites for hydroxylation is 1. The van der Waals surface area contributed by atoms with Crippen molar-refractivity contribution < 1.29 is 17.7 Å². The minimum atomic E-state index is -3.53. The molecule has 0 radical (unpaired) electrons. The van der Waals surface area contributed by atoms with E-state index in [9.17, 15) is 8.42 Å². The van der Waals surface area contributed by atoms with Crippen LogP contribution in [-0.2, 0) is 10.0 Å². The smallest absolute Gasteiger partial charge is 0.258 e. The molecule has 7 nitrogen and oxygen atoms in total. The second-order valence-corrected chi connectivity index (χ2v) is 9.29. The Labute approximate surface area is 176 Å². The van der Waals surface area contributed by atoms with E-state index in [2.05, 4.69) is 10.1 Å². The third-order valence-corrected chi connectivity index (χ3v) is 7.32. The number of piperidine rings is 1. The fourth-order valence-electron chi connectivity index (χ4n) is 3.70. The summed E-state index contributed by atoms with van der Waals surface area (Å²) in [4.78, 5) is 4.86. The minimum absolute atomic E-state index is 0.0818. The quantitative estimate of drug-likeness (QED) is 0.591. The molecule has 0 spiro atoms. The molecule has 4 rings (SSSR count). The highest BCUT2D eigenvalue weighted by Gasteiger charge is 2.32. The summed E-state index contributed by atoms with van der Waals surface area (Å²) in [6, 6.07) is 14.4. The van der Waals surface area contributed by atoms with Crippen molar-refractivity contribution >= 4 is 10.0 Å². The molecule has 0 saturated carbocycles. The van der Waals surface area contributed by atoms with E-state index in [-0.39, 0.29) is 10.8 Å². The highest BCUT2D eigenvalue weighted by atomic mass is 32.2. The topological polar surface area (TPSA) is 85.5 Å². The molecule has 0 atom stereocenters. The van der Waals surface area contributed by atoms with E-state index in [0.717, 1.165) is 11.1 Å². The lowest BCUT2D eigenvalue weighted by molar-refractivity contribution is 0.307. The van der Waals surface area contributed by atoms with E-state index in [1.807, 2.05) is 38.1 Å². The van der Waals surface area contributed by atoms with Crippen molar-refractivity contribution in [1.82, 2.24) is 14.4 Å². The van der Waals surface area contributed by atoms with Crippen LogP contribution >= 0.6 is 0 Å². The van der Waals surface area contributed by atoms with Crippen LogP contribution in [0.25, 0.3) is 11.5 Å². The lowest BCUT2D eigenvalue weighted by atomic mass is 9.97. The first-order valence-electron chi connectivity index (χ1n) is 10.1. The second-order valence-electron chi connectivity index (χ2n) is 7.36. The number of nitrogens with zero attached hydrogens (tertiary/aromatic N) is 3. The number of rotatable bonds is 6. The van der Waals surface area contributed by atoms with E-state index < -0.39 is 10.0 Å². The molecule has 2 heterocycles. The predicted molar refractivity (Wildman–Crippen MR) is 113 cm³/mol. The molecule has 0 unspecified atom stereocenters. The minimum Gasteiger partial charge on any atom is -0.494 e. The van der Waals surface area contributed by atoms with Crippen molar-refractivity contribution in [3.63, 3.8) is 0 Å². The van der Waals surface area contributed by atoms with Gasteiger partial charge in [-0.1, -0.05) is 23.4 Å². The maximum absolute atomic E-state index is 13.0. The van der Waals surface area contributed by atoms with Crippen LogP contribution in [0, 0.1) is 6.92 Å². The number of hydrogen-bond acceptors (Lipinski definition) is 6. The summed E-state index contributed by atoms with van der Waals surface area (Å²) < 4.78 is 38.3. The monoisotopic (exact) mass is 427 g/mol. The van der Waals surface area contributed by atoms with Gasteiger partial charge in [-0.25, -0.2) is 8.42 Å². The van der Waals surface area contributed by atoms with Crippen molar-refractivity contribution in [3.8, 4) is 17.2 Å². The van der Waals surface area contributed by atoms with Crippen LogP contribution in [0.2, 0.25) is 0 Å². The van der Waals surface area contributed by atoms with Gasteiger partial charge in [-0.05, 0) is 62.6 Å². The van der Waals surface area contributed by atoms with Crippen molar-refractivity contribution in [1.29, 1.82) is 0 Å². The third-order valence-electron chi connectivity index (χ3n) is 5.41. The van der Waals surface area contributed by atoms with Crippen molar-refractivity contribution in [2.45, 2.75) is 37.5 Å². The molecule has 30 heavy (non-hydrogen) atoms. The molecule has 0 amide bonds. The van der Waals surface area contributed by atoms with Gasteiger partial charge in [0.05, 0.1) is 11.5 Å². The molecule has 0 bridgehead atoms. The van der Waals surface area contributed by atoms with Gasteiger partial charge >= 0.3 is 0 Å². The zero-order chi connectivity index (χ0) is 21.1. The molecular weight excluding hydrogens is 402 g/mol. The number of hydrogen-bond donors (Lipinski definition) is 0. The van der Waals surface area contributed by atoms with Crippen LogP contribution in [0.3, 0.4) is 0 Å². The summed E-state index contributed by atoms with van der Waals surface area (Å²) in [7, 11) is -3.53. The van der Waals surface area contributed by atoms with Gasteiger partial charge in [0.15, 0.2) is 5.82 Å². The summed E-state index contributed by atoms with van der Waals surface area (Å²) in [5.74, 6) is 1.90.